The van der Waals surface area contributed by atoms with Gasteiger partial charge in [-0.3, -0.25) is 4.98 Å². The topological polar surface area (TPSA) is 66.8 Å². The van der Waals surface area contributed by atoms with Crippen molar-refractivity contribution in [2.45, 2.75) is 32.1 Å². The Balaban J connectivity index is 1.68. The highest BCUT2D eigenvalue weighted by molar-refractivity contribution is 5.87. The van der Waals surface area contributed by atoms with Crippen molar-refractivity contribution in [1.29, 1.82) is 0 Å². The van der Waals surface area contributed by atoms with Gasteiger partial charge >= 0.3 is 6.18 Å². The third kappa shape index (κ3) is 3.36. The van der Waals surface area contributed by atoms with E-state index in [0.29, 0.717) is 28.8 Å². The lowest BCUT2D eigenvalue weighted by Crippen LogP contribution is -2.46. The molecule has 1 aliphatic rings. The zero-order valence-electron chi connectivity index (χ0n) is 14.5. The van der Waals surface area contributed by atoms with Crippen LogP contribution >= 0.6 is 0 Å². The van der Waals surface area contributed by atoms with Gasteiger partial charge in [-0.25, -0.2) is 4.98 Å². The Morgan fingerprint density at radius 1 is 1.15 bits per heavy atom. The van der Waals surface area contributed by atoms with Crippen LogP contribution in [0.25, 0.3) is 11.0 Å². The number of aromatic nitrogens is 4. The number of halogens is 3. The minimum atomic E-state index is -4.51. The summed E-state index contributed by atoms with van der Waals surface area (Å²) in [5, 5.41) is 3.68. The van der Waals surface area contributed by atoms with Crippen LogP contribution in [0.2, 0.25) is 0 Å². The molecule has 1 saturated heterocycles. The highest BCUT2D eigenvalue weighted by Crippen LogP contribution is 2.31. The van der Waals surface area contributed by atoms with Crippen LogP contribution < -0.4 is 10.2 Å². The summed E-state index contributed by atoms with van der Waals surface area (Å²) in [4.78, 5) is 18.8. The molecular weight excluding hydrogens is 357 g/mol. The van der Waals surface area contributed by atoms with E-state index >= 15 is 0 Å². The molecule has 0 amide bonds. The summed E-state index contributed by atoms with van der Waals surface area (Å²) in [6, 6.07) is 6.76. The fraction of sp³-hybridized carbons (Fsp3) is 0.333. The first kappa shape index (κ1) is 17.4. The van der Waals surface area contributed by atoms with Gasteiger partial charge in [0.05, 0.1) is 5.39 Å². The summed E-state index contributed by atoms with van der Waals surface area (Å²) in [6.45, 7) is 2.87. The van der Waals surface area contributed by atoms with Gasteiger partial charge < -0.3 is 10.2 Å². The van der Waals surface area contributed by atoms with Crippen molar-refractivity contribution < 1.29 is 13.2 Å². The van der Waals surface area contributed by atoms with Crippen molar-refractivity contribution in [3.05, 3.63) is 47.9 Å². The van der Waals surface area contributed by atoms with Crippen molar-refractivity contribution in [1.82, 2.24) is 19.9 Å². The number of anilines is 2. The molecule has 0 saturated carbocycles. The number of fused-ring (bicyclic) bond motifs is 1. The van der Waals surface area contributed by atoms with Crippen molar-refractivity contribution in [3.8, 4) is 0 Å². The molecule has 1 N–H and O–H groups in total. The first-order valence-corrected chi connectivity index (χ1v) is 8.58. The molecule has 0 aromatic carbocycles. The molecule has 140 valence electrons. The van der Waals surface area contributed by atoms with E-state index < -0.39 is 11.9 Å². The highest BCUT2D eigenvalue weighted by Gasteiger charge is 2.35. The maximum absolute atomic E-state index is 13.2. The van der Waals surface area contributed by atoms with E-state index in [-0.39, 0.29) is 12.1 Å². The zero-order valence-corrected chi connectivity index (χ0v) is 14.5. The Kier molecular flexibility index (Phi) is 4.29. The summed E-state index contributed by atoms with van der Waals surface area (Å²) < 4.78 is 39.5. The van der Waals surface area contributed by atoms with Crippen molar-refractivity contribution in [2.75, 3.05) is 16.8 Å². The summed E-state index contributed by atoms with van der Waals surface area (Å²) in [7, 11) is 0. The Hall–Kier alpha value is -2.97. The van der Waals surface area contributed by atoms with E-state index in [2.05, 4.69) is 32.2 Å². The van der Waals surface area contributed by atoms with Crippen LogP contribution in [0.5, 0.6) is 0 Å². The van der Waals surface area contributed by atoms with Crippen LogP contribution in [0.15, 0.2) is 36.7 Å². The Bertz CT molecular complexity index is 975. The van der Waals surface area contributed by atoms with Gasteiger partial charge in [-0.15, -0.1) is 0 Å². The maximum atomic E-state index is 13.2. The molecule has 3 aromatic rings. The zero-order chi connectivity index (χ0) is 19.0. The minimum absolute atomic E-state index is 0.0551. The number of nitrogens with one attached hydrogen (secondary N) is 1. The second kappa shape index (κ2) is 6.64. The predicted molar refractivity (Wildman–Crippen MR) is 95.3 cm³/mol. The second-order valence-corrected chi connectivity index (χ2v) is 6.44. The summed E-state index contributed by atoms with van der Waals surface area (Å²) >= 11 is 0. The lowest BCUT2D eigenvalue weighted by atomic mass is 10.1. The van der Waals surface area contributed by atoms with Crippen molar-refractivity contribution in [2.24, 2.45) is 0 Å². The van der Waals surface area contributed by atoms with Crippen molar-refractivity contribution >= 4 is 22.8 Å². The number of rotatable bonds is 4. The monoisotopic (exact) mass is 374 g/mol. The molecule has 0 bridgehead atoms. The number of pyridine rings is 2. The van der Waals surface area contributed by atoms with Gasteiger partial charge in [0, 0.05) is 37.1 Å². The molecule has 0 spiro atoms. The summed E-state index contributed by atoms with van der Waals surface area (Å²) in [6.07, 6.45) is -0.687. The first-order chi connectivity index (χ1) is 12.9. The molecule has 1 aliphatic heterocycles. The predicted octanol–water partition coefficient (Wildman–Crippen LogP) is 3.65. The molecule has 3 aromatic heterocycles. The van der Waals surface area contributed by atoms with E-state index in [9.17, 15) is 13.2 Å². The fourth-order valence-electron chi connectivity index (χ4n) is 3.04. The Morgan fingerprint density at radius 2 is 1.93 bits per heavy atom. The summed E-state index contributed by atoms with van der Waals surface area (Å²) in [5.74, 6) is 0.990. The number of hydrogen-bond acceptors (Lipinski definition) is 6. The molecule has 0 radical (unpaired) electrons. The van der Waals surface area contributed by atoms with E-state index in [0.717, 1.165) is 19.2 Å². The smallest absolute Gasteiger partial charge is 0.365 e. The van der Waals surface area contributed by atoms with Gasteiger partial charge in [0.15, 0.2) is 5.65 Å². The van der Waals surface area contributed by atoms with Crippen molar-refractivity contribution in [3.63, 3.8) is 0 Å². The standard InChI is InChI=1S/C18H17F3N6/c1-11-6-9-27(11)17-25-15-13(5-3-8-23-15)16(26-17)24-10-12-4-2-7-22-14(12)18(19,20)21/h2-5,7-8,11H,6,9-10H2,1H3,(H,23,24,25,26). The van der Waals surface area contributed by atoms with Crippen LogP contribution in [0.3, 0.4) is 0 Å². The third-order valence-electron chi connectivity index (χ3n) is 4.64. The minimum Gasteiger partial charge on any atom is -0.365 e. The van der Waals surface area contributed by atoms with E-state index in [1.165, 1.54) is 12.1 Å². The van der Waals surface area contributed by atoms with Crippen LogP contribution in [-0.4, -0.2) is 32.5 Å². The van der Waals surface area contributed by atoms with Crippen LogP contribution in [-0.2, 0) is 12.7 Å². The average molecular weight is 374 g/mol. The number of hydrogen-bond donors (Lipinski definition) is 1. The van der Waals surface area contributed by atoms with E-state index in [1.54, 1.807) is 18.3 Å². The summed E-state index contributed by atoms with van der Waals surface area (Å²) in [5.41, 5.74) is -0.337. The lowest BCUT2D eigenvalue weighted by molar-refractivity contribution is -0.141. The molecule has 4 heterocycles. The molecule has 1 unspecified atom stereocenters. The largest absolute Gasteiger partial charge is 0.433 e. The molecule has 9 heteroatoms. The molecule has 1 fully saturated rings. The van der Waals surface area contributed by atoms with Gasteiger partial charge in [0.25, 0.3) is 0 Å². The van der Waals surface area contributed by atoms with E-state index in [4.69, 9.17) is 0 Å². The van der Waals surface area contributed by atoms with Gasteiger partial charge in [0.1, 0.15) is 11.5 Å². The fourth-order valence-corrected chi connectivity index (χ4v) is 3.04. The van der Waals surface area contributed by atoms with Gasteiger partial charge in [-0.2, -0.15) is 23.1 Å². The quantitative estimate of drug-likeness (QED) is 0.752. The van der Waals surface area contributed by atoms with Gasteiger partial charge in [-0.1, -0.05) is 6.07 Å². The van der Waals surface area contributed by atoms with Crippen LogP contribution in [0.4, 0.5) is 24.9 Å². The third-order valence-corrected chi connectivity index (χ3v) is 4.64. The van der Waals surface area contributed by atoms with Gasteiger partial charge in [-0.05, 0) is 31.5 Å². The Labute approximate surface area is 153 Å². The number of alkyl halides is 3. The van der Waals surface area contributed by atoms with E-state index in [1.807, 2.05) is 4.90 Å². The molecular formula is C18H17F3N6. The highest BCUT2D eigenvalue weighted by atomic mass is 19.4. The Morgan fingerprint density at radius 3 is 2.63 bits per heavy atom. The second-order valence-electron chi connectivity index (χ2n) is 6.44. The van der Waals surface area contributed by atoms with Crippen LogP contribution in [0.1, 0.15) is 24.6 Å². The number of nitrogens with zero attached hydrogens (tertiary/aromatic N) is 5. The normalized spacial score (nSPS) is 17.0. The van der Waals surface area contributed by atoms with Gasteiger partial charge in [0.2, 0.25) is 5.95 Å². The maximum Gasteiger partial charge on any atom is 0.433 e. The molecule has 27 heavy (non-hydrogen) atoms. The first-order valence-electron chi connectivity index (χ1n) is 8.58. The van der Waals surface area contributed by atoms with Crippen LogP contribution in [0, 0.1) is 0 Å². The molecule has 0 aliphatic carbocycles. The average Bonchev–Trinajstić information content (AvgIpc) is 2.64. The SMILES string of the molecule is CC1CCN1c1nc(NCc2cccnc2C(F)(F)F)c2cccnc2n1. The molecule has 6 nitrogen and oxygen atoms in total. The molecule has 4 rings (SSSR count). The molecule has 1 atom stereocenters. The lowest BCUT2D eigenvalue weighted by Gasteiger charge is -2.38.